The summed E-state index contributed by atoms with van der Waals surface area (Å²) < 4.78 is 11.4. The van der Waals surface area contributed by atoms with Gasteiger partial charge in [-0.1, -0.05) is 15.9 Å². The van der Waals surface area contributed by atoms with Crippen molar-refractivity contribution in [1.82, 2.24) is 0 Å². The number of hydrogen-bond donors (Lipinski definition) is 1. The van der Waals surface area contributed by atoms with Gasteiger partial charge in [0.1, 0.15) is 18.1 Å². The number of aromatic carboxylic acids is 1. The van der Waals surface area contributed by atoms with Crippen molar-refractivity contribution in [1.29, 1.82) is 0 Å². The Balaban J connectivity index is 2.13. The molecule has 2 aromatic carbocycles. The lowest BCUT2D eigenvalue weighted by Gasteiger charge is -2.10. The summed E-state index contributed by atoms with van der Waals surface area (Å²) in [7, 11) is 0. The summed E-state index contributed by atoms with van der Waals surface area (Å²) in [5.74, 6) is -0.263. The van der Waals surface area contributed by atoms with Gasteiger partial charge in [0.05, 0.1) is 5.56 Å². The SMILES string of the molecule is CC(=O)OCc1cc(Oc2ccc(C(=O)O)cc2)ccc1Br. The van der Waals surface area contributed by atoms with Gasteiger partial charge in [-0.15, -0.1) is 0 Å². The molecule has 1 N–H and O–H groups in total. The van der Waals surface area contributed by atoms with Crippen molar-refractivity contribution < 1.29 is 24.2 Å². The maximum Gasteiger partial charge on any atom is 0.335 e. The Morgan fingerprint density at radius 2 is 1.73 bits per heavy atom. The molecule has 0 aliphatic carbocycles. The van der Waals surface area contributed by atoms with Crippen LogP contribution in [0.4, 0.5) is 0 Å². The Hall–Kier alpha value is -2.34. The molecule has 0 heterocycles. The summed E-state index contributed by atoms with van der Waals surface area (Å²) in [5, 5.41) is 8.85. The number of esters is 1. The second-order valence-corrected chi connectivity index (χ2v) is 5.32. The van der Waals surface area contributed by atoms with Gasteiger partial charge in [0, 0.05) is 17.0 Å². The predicted molar refractivity (Wildman–Crippen MR) is 83.1 cm³/mol. The molecule has 2 rings (SSSR count). The fourth-order valence-corrected chi connectivity index (χ4v) is 2.07. The van der Waals surface area contributed by atoms with Crippen molar-refractivity contribution in [2.45, 2.75) is 13.5 Å². The van der Waals surface area contributed by atoms with Crippen LogP contribution in [0.15, 0.2) is 46.9 Å². The first-order valence-electron chi connectivity index (χ1n) is 6.38. The summed E-state index contributed by atoms with van der Waals surface area (Å²) in [6, 6.07) is 11.4. The van der Waals surface area contributed by atoms with Gasteiger partial charge in [-0.2, -0.15) is 0 Å². The standard InChI is InChI=1S/C16H13BrO5/c1-10(18)21-9-12-8-14(6-7-15(12)17)22-13-4-2-11(3-5-13)16(19)20/h2-8H,9H2,1H3,(H,19,20). The fourth-order valence-electron chi connectivity index (χ4n) is 1.71. The van der Waals surface area contributed by atoms with Crippen LogP contribution in [0.5, 0.6) is 11.5 Å². The monoisotopic (exact) mass is 364 g/mol. The molecule has 114 valence electrons. The molecule has 0 aliphatic heterocycles. The molecule has 0 aromatic heterocycles. The zero-order chi connectivity index (χ0) is 16.1. The second kappa shape index (κ2) is 7.09. The Bertz CT molecular complexity index is 694. The van der Waals surface area contributed by atoms with Crippen LogP contribution in [0.3, 0.4) is 0 Å². The molecule has 0 saturated heterocycles. The number of hydrogen-bond acceptors (Lipinski definition) is 4. The molecule has 0 fully saturated rings. The predicted octanol–water partition coefficient (Wildman–Crippen LogP) is 4.00. The molecule has 0 spiro atoms. The maximum atomic E-state index is 10.9. The molecule has 0 saturated carbocycles. The minimum atomic E-state index is -0.987. The molecular weight excluding hydrogens is 352 g/mol. The van der Waals surface area contributed by atoms with Gasteiger partial charge in [0.25, 0.3) is 0 Å². The lowest BCUT2D eigenvalue weighted by Crippen LogP contribution is -2.00. The lowest BCUT2D eigenvalue weighted by atomic mass is 10.2. The van der Waals surface area contributed by atoms with Crippen LogP contribution in [0.1, 0.15) is 22.8 Å². The molecule has 5 nitrogen and oxygen atoms in total. The minimum absolute atomic E-state index is 0.144. The molecule has 0 bridgehead atoms. The molecule has 0 radical (unpaired) electrons. The largest absolute Gasteiger partial charge is 0.478 e. The van der Waals surface area contributed by atoms with Gasteiger partial charge >= 0.3 is 11.9 Å². The second-order valence-electron chi connectivity index (χ2n) is 4.47. The van der Waals surface area contributed by atoms with Crippen molar-refractivity contribution in [3.63, 3.8) is 0 Å². The van der Waals surface area contributed by atoms with Gasteiger partial charge in [-0.25, -0.2) is 4.79 Å². The van der Waals surface area contributed by atoms with E-state index in [1.807, 2.05) is 0 Å². The highest BCUT2D eigenvalue weighted by molar-refractivity contribution is 9.10. The molecule has 0 amide bonds. The average Bonchev–Trinajstić information content (AvgIpc) is 2.48. The zero-order valence-corrected chi connectivity index (χ0v) is 13.3. The van der Waals surface area contributed by atoms with E-state index in [0.717, 1.165) is 10.0 Å². The van der Waals surface area contributed by atoms with Crippen LogP contribution in [0, 0.1) is 0 Å². The van der Waals surface area contributed by atoms with Crippen LogP contribution in [-0.2, 0) is 16.1 Å². The third kappa shape index (κ3) is 4.33. The van der Waals surface area contributed by atoms with E-state index in [4.69, 9.17) is 14.6 Å². The smallest absolute Gasteiger partial charge is 0.335 e. The van der Waals surface area contributed by atoms with Crippen LogP contribution < -0.4 is 4.74 Å². The number of ether oxygens (including phenoxy) is 2. The Labute approximate surface area is 135 Å². The van der Waals surface area contributed by atoms with E-state index in [-0.39, 0.29) is 18.1 Å². The molecule has 6 heteroatoms. The highest BCUT2D eigenvalue weighted by atomic mass is 79.9. The third-order valence-electron chi connectivity index (χ3n) is 2.79. The zero-order valence-electron chi connectivity index (χ0n) is 11.7. The number of halogens is 1. The first kappa shape index (κ1) is 16.0. The number of rotatable bonds is 5. The first-order valence-corrected chi connectivity index (χ1v) is 7.18. The lowest BCUT2D eigenvalue weighted by molar-refractivity contribution is -0.142. The normalized spacial score (nSPS) is 10.1. The molecule has 0 atom stereocenters. The number of carbonyl (C=O) groups is 2. The van der Waals surface area contributed by atoms with Gasteiger partial charge in [0.2, 0.25) is 0 Å². The quantitative estimate of drug-likeness (QED) is 0.811. The van der Waals surface area contributed by atoms with E-state index in [9.17, 15) is 9.59 Å². The number of carbonyl (C=O) groups excluding carboxylic acids is 1. The molecule has 0 aliphatic rings. The van der Waals surface area contributed by atoms with Crippen LogP contribution >= 0.6 is 15.9 Å². The van der Waals surface area contributed by atoms with Gasteiger partial charge in [0.15, 0.2) is 0 Å². The number of carboxylic acids is 1. The van der Waals surface area contributed by atoms with Crippen molar-refractivity contribution in [2.75, 3.05) is 0 Å². The molecule has 0 unspecified atom stereocenters. The minimum Gasteiger partial charge on any atom is -0.478 e. The van der Waals surface area contributed by atoms with Crippen LogP contribution in [0.25, 0.3) is 0 Å². The summed E-state index contributed by atoms with van der Waals surface area (Å²) in [6.07, 6.45) is 0. The molecule has 2 aromatic rings. The van der Waals surface area contributed by atoms with E-state index in [1.54, 1.807) is 30.3 Å². The van der Waals surface area contributed by atoms with Crippen molar-refractivity contribution in [3.8, 4) is 11.5 Å². The molecule has 22 heavy (non-hydrogen) atoms. The summed E-state index contributed by atoms with van der Waals surface area (Å²) in [5.41, 5.74) is 0.966. The summed E-state index contributed by atoms with van der Waals surface area (Å²) in [4.78, 5) is 21.7. The summed E-state index contributed by atoms with van der Waals surface area (Å²) >= 11 is 3.38. The number of benzene rings is 2. The Morgan fingerprint density at radius 1 is 1.09 bits per heavy atom. The Kier molecular flexibility index (Phi) is 5.16. The van der Waals surface area contributed by atoms with Crippen molar-refractivity contribution in [3.05, 3.63) is 58.1 Å². The Morgan fingerprint density at radius 3 is 2.32 bits per heavy atom. The van der Waals surface area contributed by atoms with E-state index >= 15 is 0 Å². The maximum absolute atomic E-state index is 10.9. The van der Waals surface area contributed by atoms with Gasteiger partial charge < -0.3 is 14.6 Å². The van der Waals surface area contributed by atoms with E-state index in [2.05, 4.69) is 15.9 Å². The third-order valence-corrected chi connectivity index (χ3v) is 3.56. The van der Waals surface area contributed by atoms with E-state index in [1.165, 1.54) is 19.1 Å². The topological polar surface area (TPSA) is 72.8 Å². The molecular formula is C16H13BrO5. The van der Waals surface area contributed by atoms with E-state index < -0.39 is 5.97 Å². The van der Waals surface area contributed by atoms with Crippen LogP contribution in [-0.4, -0.2) is 17.0 Å². The number of carboxylic acid groups (broad SMARTS) is 1. The summed E-state index contributed by atoms with van der Waals surface area (Å²) in [6.45, 7) is 1.49. The van der Waals surface area contributed by atoms with Gasteiger partial charge in [-0.3, -0.25) is 4.79 Å². The van der Waals surface area contributed by atoms with E-state index in [0.29, 0.717) is 11.5 Å². The highest BCUT2D eigenvalue weighted by Crippen LogP contribution is 2.27. The first-order chi connectivity index (χ1) is 10.5. The fraction of sp³-hybridized carbons (Fsp3) is 0.125. The van der Waals surface area contributed by atoms with Gasteiger partial charge in [-0.05, 0) is 42.5 Å². The highest BCUT2D eigenvalue weighted by Gasteiger charge is 2.07. The van der Waals surface area contributed by atoms with Crippen LogP contribution in [0.2, 0.25) is 0 Å². The van der Waals surface area contributed by atoms with Crippen molar-refractivity contribution >= 4 is 27.9 Å². The average molecular weight is 365 g/mol. The van der Waals surface area contributed by atoms with Crippen molar-refractivity contribution in [2.24, 2.45) is 0 Å².